The van der Waals surface area contributed by atoms with Crippen LogP contribution in [0, 0.1) is 0 Å². The lowest BCUT2D eigenvalue weighted by molar-refractivity contribution is -0.143. The van der Waals surface area contributed by atoms with E-state index in [9.17, 15) is 31.1 Å². The molecule has 0 radical (unpaired) electrons. The van der Waals surface area contributed by atoms with Gasteiger partial charge in [-0.1, -0.05) is 18.5 Å². The van der Waals surface area contributed by atoms with E-state index in [0.29, 0.717) is 17.2 Å². The van der Waals surface area contributed by atoms with Crippen LogP contribution in [0.25, 0.3) is 0 Å². The Kier molecular flexibility index (Phi) is 6.76. The minimum Gasteiger partial charge on any atom is -0.308 e. The molecule has 152 valence electrons. The molecule has 0 atom stereocenters. The maximum Gasteiger partial charge on any atom is 0.416 e. The van der Waals surface area contributed by atoms with E-state index in [1.165, 1.54) is 23.9 Å². The summed E-state index contributed by atoms with van der Waals surface area (Å²) in [7, 11) is 0. The number of thioether (sulfide) groups is 1. The summed E-state index contributed by atoms with van der Waals surface area (Å²) in [6.07, 6.45) is -10.0. The molecule has 0 aliphatic carbocycles. The van der Waals surface area contributed by atoms with E-state index in [1.54, 1.807) is 6.07 Å². The Labute approximate surface area is 165 Å². The topological polar surface area (TPSA) is 41.1 Å². The Hall–Kier alpha value is -2.07. The first-order valence-corrected chi connectivity index (χ1v) is 9.06. The smallest absolute Gasteiger partial charge is 0.308 e. The van der Waals surface area contributed by atoms with Gasteiger partial charge in [0.25, 0.3) is 0 Å². The maximum absolute atomic E-state index is 12.9. The highest BCUT2D eigenvalue weighted by atomic mass is 35.5. The van der Waals surface area contributed by atoms with Gasteiger partial charge in [-0.25, -0.2) is 4.79 Å². The number of benzene rings is 2. The molecule has 0 aliphatic heterocycles. The van der Waals surface area contributed by atoms with E-state index >= 15 is 0 Å². The van der Waals surface area contributed by atoms with Gasteiger partial charge in [-0.2, -0.15) is 26.3 Å². The van der Waals surface area contributed by atoms with E-state index in [-0.39, 0.29) is 11.8 Å². The van der Waals surface area contributed by atoms with Gasteiger partial charge < -0.3 is 10.6 Å². The van der Waals surface area contributed by atoms with Crippen molar-refractivity contribution in [2.45, 2.75) is 24.2 Å². The van der Waals surface area contributed by atoms with E-state index < -0.39 is 35.2 Å². The van der Waals surface area contributed by atoms with Crippen LogP contribution >= 0.6 is 23.4 Å². The van der Waals surface area contributed by atoms with Crippen LogP contribution in [0.3, 0.4) is 0 Å². The van der Waals surface area contributed by atoms with E-state index in [1.807, 2.05) is 12.2 Å². The Morgan fingerprint density at radius 1 is 0.929 bits per heavy atom. The first-order chi connectivity index (χ1) is 12.9. The number of alkyl halides is 6. The maximum atomic E-state index is 12.9. The molecule has 2 N–H and O–H groups in total. The van der Waals surface area contributed by atoms with Crippen LogP contribution in [0.15, 0.2) is 41.3 Å². The normalized spacial score (nSPS) is 12.0. The number of hydrogen-bond acceptors (Lipinski definition) is 2. The second-order valence-corrected chi connectivity index (χ2v) is 7.16. The van der Waals surface area contributed by atoms with Crippen LogP contribution in [0.2, 0.25) is 5.02 Å². The lowest BCUT2D eigenvalue weighted by Crippen LogP contribution is -2.20. The third-order valence-electron chi connectivity index (χ3n) is 3.34. The highest BCUT2D eigenvalue weighted by Gasteiger charge is 2.37. The van der Waals surface area contributed by atoms with Gasteiger partial charge >= 0.3 is 18.4 Å². The molecule has 0 aromatic heterocycles. The number of carbonyl (C=O) groups excluding carboxylic acids is 1. The summed E-state index contributed by atoms with van der Waals surface area (Å²) in [5.41, 5.74) is -3.47. The number of urea groups is 1. The van der Waals surface area contributed by atoms with Gasteiger partial charge in [0.05, 0.1) is 16.1 Å². The van der Waals surface area contributed by atoms with Crippen molar-refractivity contribution in [3.05, 3.63) is 52.5 Å². The van der Waals surface area contributed by atoms with Gasteiger partial charge in [0, 0.05) is 16.3 Å². The molecule has 0 saturated heterocycles. The predicted molar refractivity (Wildman–Crippen MR) is 96.9 cm³/mol. The minimum atomic E-state index is -5.01. The molecule has 0 spiro atoms. The molecule has 0 unspecified atom stereocenters. The molecule has 0 aliphatic rings. The third-order valence-corrected chi connectivity index (χ3v) is 4.72. The van der Waals surface area contributed by atoms with Gasteiger partial charge in [-0.05, 0) is 42.2 Å². The summed E-state index contributed by atoms with van der Waals surface area (Å²) < 4.78 is 77.1. The van der Waals surface area contributed by atoms with Crippen LogP contribution in [0.4, 0.5) is 42.5 Å². The molecule has 2 amide bonds. The predicted octanol–water partition coefficient (Wildman–Crippen LogP) is 7.13. The fourth-order valence-corrected chi connectivity index (χ4v) is 3.19. The molecular weight excluding hydrogens is 430 g/mol. The molecule has 11 heteroatoms. The number of hydrogen-bond donors (Lipinski definition) is 2. The van der Waals surface area contributed by atoms with Gasteiger partial charge in [0.1, 0.15) is 0 Å². The quantitative estimate of drug-likeness (QED) is 0.390. The Bertz CT molecular complexity index is 837. The minimum absolute atomic E-state index is 0.0209. The van der Waals surface area contributed by atoms with E-state index in [2.05, 4.69) is 5.32 Å². The number of carbonyl (C=O) groups is 1. The third kappa shape index (κ3) is 5.96. The molecule has 0 bridgehead atoms. The average Bonchev–Trinajstić information content (AvgIpc) is 2.55. The Morgan fingerprint density at radius 2 is 1.46 bits per heavy atom. The van der Waals surface area contributed by atoms with Gasteiger partial charge in [0.2, 0.25) is 0 Å². The Balaban J connectivity index is 2.22. The lowest BCUT2D eigenvalue weighted by atomic mass is 10.1. The van der Waals surface area contributed by atoms with E-state index in [0.717, 1.165) is 10.6 Å². The van der Waals surface area contributed by atoms with Crippen LogP contribution in [0.1, 0.15) is 18.1 Å². The molecular formula is C17H13ClF6N2OS. The number of nitrogens with one attached hydrogen (secondary N) is 2. The summed E-state index contributed by atoms with van der Waals surface area (Å²) in [5.74, 6) is 0.768. The summed E-state index contributed by atoms with van der Waals surface area (Å²) in [6, 6.07) is 4.37. The molecule has 2 aromatic rings. The molecule has 0 fully saturated rings. The standard InChI is InChI=1S/C17H13ClF6N2OS/c1-2-28-14-4-3-11(8-13(14)18)25-15(27)26-12-6-9(16(19,20)21)5-10(7-12)17(22,23)24/h3-8H,2H2,1H3,(H2,25,26,27). The van der Waals surface area contributed by atoms with Gasteiger partial charge in [-0.3, -0.25) is 0 Å². The van der Waals surface area contributed by atoms with Crippen molar-refractivity contribution in [2.75, 3.05) is 16.4 Å². The van der Waals surface area contributed by atoms with Crippen molar-refractivity contribution in [2.24, 2.45) is 0 Å². The molecule has 3 nitrogen and oxygen atoms in total. The second-order valence-electron chi connectivity index (χ2n) is 5.45. The average molecular weight is 443 g/mol. The number of rotatable bonds is 4. The molecule has 0 heterocycles. The largest absolute Gasteiger partial charge is 0.416 e. The van der Waals surface area contributed by atoms with Gasteiger partial charge in [0.15, 0.2) is 0 Å². The fraction of sp³-hybridized carbons (Fsp3) is 0.235. The summed E-state index contributed by atoms with van der Waals surface area (Å²) in [6.45, 7) is 1.92. The lowest BCUT2D eigenvalue weighted by Gasteiger charge is -2.15. The molecule has 28 heavy (non-hydrogen) atoms. The van der Waals surface area contributed by atoms with Crippen molar-refractivity contribution in [1.82, 2.24) is 0 Å². The summed E-state index contributed by atoms with van der Waals surface area (Å²) in [4.78, 5) is 12.8. The van der Waals surface area contributed by atoms with Crippen molar-refractivity contribution in [1.29, 1.82) is 0 Å². The van der Waals surface area contributed by atoms with Crippen molar-refractivity contribution in [3.8, 4) is 0 Å². The fourth-order valence-electron chi connectivity index (χ4n) is 2.17. The zero-order chi connectivity index (χ0) is 21.1. The van der Waals surface area contributed by atoms with Crippen molar-refractivity contribution < 1.29 is 31.1 Å². The highest BCUT2D eigenvalue weighted by molar-refractivity contribution is 7.99. The molecule has 2 rings (SSSR count). The first kappa shape index (κ1) is 22.2. The summed E-state index contributed by atoms with van der Waals surface area (Å²) >= 11 is 7.52. The number of halogens is 7. The van der Waals surface area contributed by atoms with Crippen LogP contribution in [-0.4, -0.2) is 11.8 Å². The number of amides is 2. The van der Waals surface area contributed by atoms with Crippen LogP contribution in [0.5, 0.6) is 0 Å². The zero-order valence-electron chi connectivity index (χ0n) is 14.1. The van der Waals surface area contributed by atoms with Crippen molar-refractivity contribution in [3.63, 3.8) is 0 Å². The second kappa shape index (κ2) is 8.52. The van der Waals surface area contributed by atoms with Gasteiger partial charge in [-0.15, -0.1) is 11.8 Å². The van der Waals surface area contributed by atoms with Crippen LogP contribution < -0.4 is 10.6 Å². The van der Waals surface area contributed by atoms with Crippen LogP contribution in [-0.2, 0) is 12.4 Å². The first-order valence-electron chi connectivity index (χ1n) is 7.70. The number of anilines is 2. The molecule has 0 saturated carbocycles. The van der Waals surface area contributed by atoms with Crippen molar-refractivity contribution >= 4 is 40.8 Å². The SMILES string of the molecule is CCSc1ccc(NC(=O)Nc2cc(C(F)(F)F)cc(C(F)(F)F)c2)cc1Cl. The zero-order valence-corrected chi connectivity index (χ0v) is 15.7. The molecule has 2 aromatic carbocycles. The highest BCUT2D eigenvalue weighted by Crippen LogP contribution is 2.37. The monoisotopic (exact) mass is 442 g/mol. The Morgan fingerprint density at radius 3 is 1.93 bits per heavy atom. The van der Waals surface area contributed by atoms with E-state index in [4.69, 9.17) is 11.6 Å². The summed E-state index contributed by atoms with van der Waals surface area (Å²) in [5, 5.41) is 4.64.